The van der Waals surface area contributed by atoms with Crippen LogP contribution in [0.1, 0.15) is 16.1 Å². The highest BCUT2D eigenvalue weighted by Crippen LogP contribution is 2.19. The summed E-state index contributed by atoms with van der Waals surface area (Å²) < 4.78 is 11.0. The molecule has 2 aromatic rings. The number of ether oxygens (including phenoxy) is 2. The van der Waals surface area contributed by atoms with E-state index in [0.717, 1.165) is 16.1 Å². The number of carbonyl (C=O) groups excluding carboxylic acids is 1. The van der Waals surface area contributed by atoms with Crippen molar-refractivity contribution < 1.29 is 14.3 Å². The normalized spacial score (nSPS) is 17.9. The molecule has 0 aliphatic carbocycles. The quantitative estimate of drug-likeness (QED) is 0.844. The van der Waals surface area contributed by atoms with E-state index < -0.39 is 6.10 Å². The minimum Gasteiger partial charge on any atom is -0.376 e. The van der Waals surface area contributed by atoms with Gasteiger partial charge in [-0.3, -0.25) is 4.79 Å². The van der Waals surface area contributed by atoms with Crippen LogP contribution in [0.5, 0.6) is 0 Å². The highest BCUT2D eigenvalue weighted by Gasteiger charge is 2.28. The van der Waals surface area contributed by atoms with Crippen molar-refractivity contribution in [2.75, 3.05) is 19.8 Å². The van der Waals surface area contributed by atoms with Crippen molar-refractivity contribution in [2.24, 2.45) is 0 Å². The first kappa shape index (κ1) is 16.1. The summed E-state index contributed by atoms with van der Waals surface area (Å²) in [6.07, 6.45) is -0.513. The van der Waals surface area contributed by atoms with Crippen molar-refractivity contribution >= 4 is 17.2 Å². The van der Waals surface area contributed by atoms with E-state index in [1.54, 1.807) is 11.3 Å². The summed E-state index contributed by atoms with van der Waals surface area (Å²) in [4.78, 5) is 20.0. The van der Waals surface area contributed by atoms with Crippen LogP contribution in [0.4, 0.5) is 0 Å². The lowest BCUT2D eigenvalue weighted by Crippen LogP contribution is -2.44. The summed E-state index contributed by atoms with van der Waals surface area (Å²) in [5.74, 6) is -0.0265. The van der Waals surface area contributed by atoms with E-state index in [4.69, 9.17) is 9.47 Å². The molecule has 1 atom stereocenters. The predicted molar refractivity (Wildman–Crippen MR) is 88.1 cm³/mol. The van der Waals surface area contributed by atoms with Crippen LogP contribution in [0.15, 0.2) is 35.8 Å². The maximum atomic E-state index is 12.8. The molecule has 1 aromatic heterocycles. The molecule has 0 radical (unpaired) electrons. The Morgan fingerprint density at radius 2 is 2.13 bits per heavy atom. The average Bonchev–Trinajstić information content (AvgIpc) is 3.00. The molecule has 23 heavy (non-hydrogen) atoms. The number of thiazole rings is 1. The van der Waals surface area contributed by atoms with Gasteiger partial charge in [0.15, 0.2) is 6.10 Å². The Morgan fingerprint density at radius 1 is 1.30 bits per heavy atom. The van der Waals surface area contributed by atoms with Crippen molar-refractivity contribution in [3.05, 3.63) is 52.0 Å². The van der Waals surface area contributed by atoms with Gasteiger partial charge in [0, 0.05) is 11.4 Å². The van der Waals surface area contributed by atoms with Crippen LogP contribution in [-0.2, 0) is 27.4 Å². The molecule has 1 amide bonds. The maximum absolute atomic E-state index is 12.8. The van der Waals surface area contributed by atoms with Crippen LogP contribution in [-0.4, -0.2) is 41.7 Å². The molecular weight excluding hydrogens is 312 g/mol. The summed E-state index contributed by atoms with van der Waals surface area (Å²) in [6.45, 7) is 4.41. The monoisotopic (exact) mass is 332 g/mol. The van der Waals surface area contributed by atoms with Crippen LogP contribution in [0.25, 0.3) is 0 Å². The Kier molecular flexibility index (Phi) is 5.38. The molecule has 1 aliphatic rings. The van der Waals surface area contributed by atoms with E-state index in [2.05, 4.69) is 4.98 Å². The molecule has 6 heteroatoms. The second-order valence-corrected chi connectivity index (χ2v) is 6.41. The molecule has 1 aliphatic heterocycles. The van der Waals surface area contributed by atoms with Crippen molar-refractivity contribution in [1.29, 1.82) is 0 Å². The smallest absolute Gasteiger partial charge is 0.254 e. The fourth-order valence-corrected chi connectivity index (χ4v) is 3.29. The Hall–Kier alpha value is -1.76. The Bertz CT molecular complexity index is 638. The fraction of sp³-hybridized carbons (Fsp3) is 0.412. The topological polar surface area (TPSA) is 51.7 Å². The van der Waals surface area contributed by atoms with Crippen LogP contribution >= 0.6 is 11.3 Å². The molecule has 0 saturated carbocycles. The summed E-state index contributed by atoms with van der Waals surface area (Å²) in [7, 11) is 0. The van der Waals surface area contributed by atoms with Gasteiger partial charge in [-0.05, 0) is 12.5 Å². The zero-order valence-electron chi connectivity index (χ0n) is 13.1. The molecular formula is C17H20N2O3S. The average molecular weight is 332 g/mol. The maximum Gasteiger partial charge on any atom is 0.254 e. The minimum atomic E-state index is -0.513. The second kappa shape index (κ2) is 7.68. The summed E-state index contributed by atoms with van der Waals surface area (Å²) in [6, 6.07) is 9.99. The summed E-state index contributed by atoms with van der Waals surface area (Å²) in [5.41, 5.74) is 3.89. The molecule has 1 aromatic carbocycles. The minimum absolute atomic E-state index is 0.0265. The van der Waals surface area contributed by atoms with E-state index in [-0.39, 0.29) is 5.91 Å². The number of nitrogens with zero attached hydrogens (tertiary/aromatic N) is 2. The molecule has 122 valence electrons. The number of carbonyl (C=O) groups is 1. The van der Waals surface area contributed by atoms with Gasteiger partial charge in [-0.25, -0.2) is 4.98 Å². The Labute approximate surface area is 139 Å². The lowest BCUT2D eigenvalue weighted by atomic mass is 10.2. The van der Waals surface area contributed by atoms with E-state index in [9.17, 15) is 4.79 Å². The summed E-state index contributed by atoms with van der Waals surface area (Å²) >= 11 is 1.58. The zero-order valence-corrected chi connectivity index (χ0v) is 13.9. The van der Waals surface area contributed by atoms with Crippen molar-refractivity contribution in [3.63, 3.8) is 0 Å². The standard InChI is InChI=1S/C17H20N2O3S/c1-13-16(23-12-18-13)10-19(9-14-5-3-2-4-6-14)17(20)15-11-21-7-8-22-15/h2-6,12,15H,7-11H2,1H3. The van der Waals surface area contributed by atoms with Crippen molar-refractivity contribution in [1.82, 2.24) is 9.88 Å². The third kappa shape index (κ3) is 4.16. The second-order valence-electron chi connectivity index (χ2n) is 5.48. The highest BCUT2D eigenvalue weighted by atomic mass is 32.1. The van der Waals surface area contributed by atoms with Gasteiger partial charge in [-0.2, -0.15) is 0 Å². The number of aromatic nitrogens is 1. The molecule has 0 bridgehead atoms. The number of rotatable bonds is 5. The van der Waals surface area contributed by atoms with Gasteiger partial charge >= 0.3 is 0 Å². The Morgan fingerprint density at radius 3 is 2.78 bits per heavy atom. The molecule has 1 fully saturated rings. The van der Waals surface area contributed by atoms with Crippen LogP contribution in [0.2, 0.25) is 0 Å². The van der Waals surface area contributed by atoms with Gasteiger partial charge in [0.25, 0.3) is 5.91 Å². The van der Waals surface area contributed by atoms with Gasteiger partial charge < -0.3 is 14.4 Å². The zero-order chi connectivity index (χ0) is 16.1. The number of amides is 1. The van der Waals surface area contributed by atoms with E-state index >= 15 is 0 Å². The Balaban J connectivity index is 1.77. The molecule has 2 heterocycles. The highest BCUT2D eigenvalue weighted by molar-refractivity contribution is 7.09. The molecule has 1 saturated heterocycles. The third-order valence-electron chi connectivity index (χ3n) is 3.80. The van der Waals surface area contributed by atoms with Crippen LogP contribution < -0.4 is 0 Å². The number of aryl methyl sites for hydroxylation is 1. The van der Waals surface area contributed by atoms with Gasteiger partial charge in [0.2, 0.25) is 0 Å². The van der Waals surface area contributed by atoms with Crippen molar-refractivity contribution in [3.8, 4) is 0 Å². The number of benzene rings is 1. The van der Waals surface area contributed by atoms with Gasteiger partial charge in [-0.15, -0.1) is 11.3 Å². The van der Waals surface area contributed by atoms with Crippen LogP contribution in [0.3, 0.4) is 0 Å². The molecule has 3 rings (SSSR count). The molecule has 5 nitrogen and oxygen atoms in total. The predicted octanol–water partition coefficient (Wildman–Crippen LogP) is 2.40. The lowest BCUT2D eigenvalue weighted by molar-refractivity contribution is -0.159. The SMILES string of the molecule is Cc1ncsc1CN(Cc1ccccc1)C(=O)C1COCCO1. The molecule has 0 spiro atoms. The molecule has 1 unspecified atom stereocenters. The van der Waals surface area contributed by atoms with Gasteiger partial charge in [0.05, 0.1) is 37.6 Å². The van der Waals surface area contributed by atoms with Gasteiger partial charge in [0.1, 0.15) is 0 Å². The van der Waals surface area contributed by atoms with Gasteiger partial charge in [-0.1, -0.05) is 30.3 Å². The van der Waals surface area contributed by atoms with E-state index in [1.165, 1.54) is 0 Å². The van der Waals surface area contributed by atoms with E-state index in [0.29, 0.717) is 32.9 Å². The molecule has 0 N–H and O–H groups in total. The largest absolute Gasteiger partial charge is 0.376 e. The first-order valence-electron chi connectivity index (χ1n) is 7.65. The first-order chi connectivity index (χ1) is 11.2. The summed E-state index contributed by atoms with van der Waals surface area (Å²) in [5, 5.41) is 0. The van der Waals surface area contributed by atoms with Crippen LogP contribution in [0, 0.1) is 6.92 Å². The third-order valence-corrected chi connectivity index (χ3v) is 4.72. The number of hydrogen-bond donors (Lipinski definition) is 0. The fourth-order valence-electron chi connectivity index (χ4n) is 2.50. The lowest BCUT2D eigenvalue weighted by Gasteiger charge is -2.29. The number of hydrogen-bond acceptors (Lipinski definition) is 5. The van der Waals surface area contributed by atoms with Crippen molar-refractivity contribution in [2.45, 2.75) is 26.1 Å². The first-order valence-corrected chi connectivity index (χ1v) is 8.53. The van der Waals surface area contributed by atoms with E-state index in [1.807, 2.05) is 47.7 Å².